The Morgan fingerprint density at radius 3 is 2.35 bits per heavy atom. The number of nitrogens with one attached hydrogen (secondary N) is 1. The van der Waals surface area contributed by atoms with Crippen molar-refractivity contribution in [2.45, 2.75) is 32.7 Å². The lowest BCUT2D eigenvalue weighted by molar-refractivity contribution is -0.121. The highest BCUT2D eigenvalue weighted by atomic mass is 32.1. The second-order valence-electron chi connectivity index (χ2n) is 6.85. The van der Waals surface area contributed by atoms with Gasteiger partial charge >= 0.3 is 0 Å². The van der Waals surface area contributed by atoms with E-state index in [4.69, 9.17) is 0 Å². The molecule has 0 spiro atoms. The average molecular weight is 365 g/mol. The molecular weight excluding hydrogens is 340 g/mol. The zero-order valence-corrected chi connectivity index (χ0v) is 16.0. The van der Waals surface area contributed by atoms with Gasteiger partial charge in [-0.05, 0) is 17.9 Å². The Morgan fingerprint density at radius 1 is 1.04 bits per heavy atom. The number of aromatic nitrogens is 1. The summed E-state index contributed by atoms with van der Waals surface area (Å²) in [6.07, 6.45) is 1.23. The Morgan fingerprint density at radius 2 is 1.69 bits per heavy atom. The minimum absolute atomic E-state index is 0.0180. The number of benzene rings is 2. The summed E-state index contributed by atoms with van der Waals surface area (Å²) >= 11 is 1.58. The number of thiazole rings is 1. The van der Waals surface area contributed by atoms with Crippen LogP contribution < -0.4 is 5.32 Å². The molecule has 0 fully saturated rings. The molecule has 0 aliphatic carbocycles. The van der Waals surface area contributed by atoms with Crippen LogP contribution in [0.25, 0.3) is 10.6 Å². The van der Waals surface area contributed by atoms with E-state index in [-0.39, 0.29) is 11.9 Å². The summed E-state index contributed by atoms with van der Waals surface area (Å²) < 4.78 is 0. The Labute approximate surface area is 159 Å². The van der Waals surface area contributed by atoms with Crippen LogP contribution >= 0.6 is 11.3 Å². The van der Waals surface area contributed by atoms with Crippen molar-refractivity contribution in [1.82, 2.24) is 10.3 Å². The SMILES string of the molecule is CC(C)CC(NC(=O)Cc1csc(-c2ccccc2)n1)c1ccccc1. The molecule has 0 saturated carbocycles. The molecule has 0 aliphatic heterocycles. The third kappa shape index (κ3) is 5.02. The van der Waals surface area contributed by atoms with Crippen LogP contribution in [0.4, 0.5) is 0 Å². The zero-order chi connectivity index (χ0) is 18.4. The van der Waals surface area contributed by atoms with Crippen LogP contribution in [0.2, 0.25) is 0 Å². The van der Waals surface area contributed by atoms with Crippen molar-refractivity contribution in [3.63, 3.8) is 0 Å². The van der Waals surface area contributed by atoms with E-state index in [1.807, 2.05) is 53.9 Å². The molecule has 3 nitrogen and oxygen atoms in total. The number of amides is 1. The highest BCUT2D eigenvalue weighted by Gasteiger charge is 2.17. The number of carbonyl (C=O) groups excluding carboxylic acids is 1. The van der Waals surface area contributed by atoms with Crippen LogP contribution in [-0.2, 0) is 11.2 Å². The first-order chi connectivity index (χ1) is 12.6. The van der Waals surface area contributed by atoms with Gasteiger partial charge in [0.2, 0.25) is 5.91 Å². The molecule has 3 aromatic rings. The van der Waals surface area contributed by atoms with Crippen LogP contribution in [0.1, 0.15) is 37.6 Å². The summed E-state index contributed by atoms with van der Waals surface area (Å²) in [5.74, 6) is 0.522. The van der Waals surface area contributed by atoms with Crippen LogP contribution in [0.5, 0.6) is 0 Å². The van der Waals surface area contributed by atoms with Gasteiger partial charge in [0, 0.05) is 10.9 Å². The molecule has 134 valence electrons. The van der Waals surface area contributed by atoms with Crippen molar-refractivity contribution in [3.8, 4) is 10.6 Å². The maximum Gasteiger partial charge on any atom is 0.226 e. The van der Waals surface area contributed by atoms with Gasteiger partial charge in [0.15, 0.2) is 0 Å². The van der Waals surface area contributed by atoms with E-state index < -0.39 is 0 Å². The number of hydrogen-bond acceptors (Lipinski definition) is 3. The average Bonchev–Trinajstić information content (AvgIpc) is 3.10. The first-order valence-corrected chi connectivity index (χ1v) is 9.84. The van der Waals surface area contributed by atoms with Crippen molar-refractivity contribution in [3.05, 3.63) is 77.3 Å². The number of carbonyl (C=O) groups is 1. The third-order valence-electron chi connectivity index (χ3n) is 4.16. The fourth-order valence-electron chi connectivity index (χ4n) is 2.95. The van der Waals surface area contributed by atoms with E-state index in [1.54, 1.807) is 11.3 Å². The largest absolute Gasteiger partial charge is 0.349 e. The highest BCUT2D eigenvalue weighted by molar-refractivity contribution is 7.13. The predicted octanol–water partition coefficient (Wildman–Crippen LogP) is 5.26. The number of nitrogens with zero attached hydrogens (tertiary/aromatic N) is 1. The molecule has 1 amide bonds. The summed E-state index contributed by atoms with van der Waals surface area (Å²) in [6, 6.07) is 20.3. The Balaban J connectivity index is 1.66. The highest BCUT2D eigenvalue weighted by Crippen LogP contribution is 2.24. The lowest BCUT2D eigenvalue weighted by atomic mass is 9.97. The van der Waals surface area contributed by atoms with Crippen molar-refractivity contribution in [2.24, 2.45) is 5.92 Å². The molecule has 26 heavy (non-hydrogen) atoms. The van der Waals surface area contributed by atoms with E-state index in [0.717, 1.165) is 28.2 Å². The Kier molecular flexibility index (Phi) is 6.18. The van der Waals surface area contributed by atoms with Crippen LogP contribution in [-0.4, -0.2) is 10.9 Å². The molecule has 1 unspecified atom stereocenters. The van der Waals surface area contributed by atoms with Gasteiger partial charge in [-0.2, -0.15) is 0 Å². The maximum absolute atomic E-state index is 12.6. The van der Waals surface area contributed by atoms with Gasteiger partial charge in [-0.25, -0.2) is 4.98 Å². The standard InChI is InChI=1S/C22H24N2OS/c1-16(2)13-20(17-9-5-3-6-10-17)24-21(25)14-19-15-26-22(23-19)18-11-7-4-8-12-18/h3-12,15-16,20H,13-14H2,1-2H3,(H,24,25). The summed E-state index contributed by atoms with van der Waals surface area (Å²) in [5, 5.41) is 6.12. The minimum atomic E-state index is 0.0180. The molecule has 1 N–H and O–H groups in total. The van der Waals surface area contributed by atoms with Crippen molar-refractivity contribution >= 4 is 17.2 Å². The first-order valence-electron chi connectivity index (χ1n) is 8.96. The van der Waals surface area contributed by atoms with Gasteiger partial charge in [-0.15, -0.1) is 11.3 Å². The summed E-state index contributed by atoms with van der Waals surface area (Å²) in [4.78, 5) is 17.2. The monoisotopic (exact) mass is 364 g/mol. The summed E-state index contributed by atoms with van der Waals surface area (Å²) in [5.41, 5.74) is 3.06. The normalized spacial score (nSPS) is 12.1. The van der Waals surface area contributed by atoms with E-state index in [2.05, 4.69) is 36.3 Å². The Hall–Kier alpha value is -2.46. The molecule has 2 aromatic carbocycles. The van der Waals surface area contributed by atoms with Gasteiger partial charge in [0.05, 0.1) is 18.2 Å². The molecule has 0 saturated heterocycles. The molecule has 3 rings (SSSR count). The summed E-state index contributed by atoms with van der Waals surface area (Å²) in [7, 11) is 0. The van der Waals surface area contributed by atoms with Gasteiger partial charge in [-0.3, -0.25) is 4.79 Å². The smallest absolute Gasteiger partial charge is 0.226 e. The second kappa shape index (κ2) is 8.77. The molecule has 0 aliphatic rings. The Bertz CT molecular complexity index is 828. The molecule has 1 heterocycles. The van der Waals surface area contributed by atoms with Crippen LogP contribution in [0, 0.1) is 5.92 Å². The minimum Gasteiger partial charge on any atom is -0.349 e. The van der Waals surface area contributed by atoms with Gasteiger partial charge < -0.3 is 5.32 Å². The molecule has 1 atom stereocenters. The number of rotatable bonds is 7. The quantitative estimate of drug-likeness (QED) is 0.621. The zero-order valence-electron chi connectivity index (χ0n) is 15.2. The third-order valence-corrected chi connectivity index (χ3v) is 5.10. The fraction of sp³-hybridized carbons (Fsp3) is 0.273. The lowest BCUT2D eigenvalue weighted by Crippen LogP contribution is -2.30. The van der Waals surface area contributed by atoms with E-state index in [9.17, 15) is 4.79 Å². The van der Waals surface area contributed by atoms with Gasteiger partial charge in [-0.1, -0.05) is 74.5 Å². The van der Waals surface area contributed by atoms with Crippen LogP contribution in [0.3, 0.4) is 0 Å². The number of hydrogen-bond donors (Lipinski definition) is 1. The fourth-order valence-corrected chi connectivity index (χ4v) is 3.77. The molecule has 1 aromatic heterocycles. The van der Waals surface area contributed by atoms with E-state index in [0.29, 0.717) is 12.3 Å². The predicted molar refractivity (Wildman–Crippen MR) is 108 cm³/mol. The van der Waals surface area contributed by atoms with E-state index in [1.165, 1.54) is 0 Å². The topological polar surface area (TPSA) is 42.0 Å². The maximum atomic E-state index is 12.6. The van der Waals surface area contributed by atoms with Crippen molar-refractivity contribution in [1.29, 1.82) is 0 Å². The molecule has 0 bridgehead atoms. The van der Waals surface area contributed by atoms with Gasteiger partial charge in [0.25, 0.3) is 0 Å². The lowest BCUT2D eigenvalue weighted by Gasteiger charge is -2.21. The van der Waals surface area contributed by atoms with Crippen molar-refractivity contribution in [2.75, 3.05) is 0 Å². The van der Waals surface area contributed by atoms with Gasteiger partial charge in [0.1, 0.15) is 5.01 Å². The van der Waals surface area contributed by atoms with Crippen molar-refractivity contribution < 1.29 is 4.79 Å². The summed E-state index contributed by atoms with van der Waals surface area (Å²) in [6.45, 7) is 4.35. The molecule has 4 heteroatoms. The molecule has 0 radical (unpaired) electrons. The first kappa shape index (κ1) is 18.3. The van der Waals surface area contributed by atoms with Crippen LogP contribution in [0.15, 0.2) is 66.0 Å². The molecular formula is C22H24N2OS. The van der Waals surface area contributed by atoms with E-state index >= 15 is 0 Å². The second-order valence-corrected chi connectivity index (χ2v) is 7.71.